The van der Waals surface area contributed by atoms with E-state index in [-0.39, 0.29) is 29.8 Å². The Morgan fingerprint density at radius 3 is 2.64 bits per heavy atom. The van der Waals surface area contributed by atoms with E-state index in [1.165, 1.54) is 6.20 Å². The molecule has 6 nitrogen and oxygen atoms in total. The summed E-state index contributed by atoms with van der Waals surface area (Å²) in [5.74, 6) is 1.57. The fourth-order valence-corrected chi connectivity index (χ4v) is 2.82. The molecule has 1 heterocycles. The number of nitrogens with two attached hydrogens (primary N) is 1. The standard InChI is InChI=1S/C16H24N4O2/c1-16(2,8-21)12(9-3-4-9)19-15(22)11-7-18-14(10-5-6-10)20-13(11)17/h7,9-10,12,21H,3-6,8H2,1-2H3,(H,19,22)(H2,17,18,20). The number of carbonyl (C=O) groups excluding carboxylic acids is 1. The number of nitrogen functional groups attached to an aromatic ring is 1. The van der Waals surface area contributed by atoms with Gasteiger partial charge in [-0.15, -0.1) is 0 Å². The molecule has 1 amide bonds. The highest BCUT2D eigenvalue weighted by molar-refractivity contribution is 5.98. The molecule has 2 saturated carbocycles. The van der Waals surface area contributed by atoms with Gasteiger partial charge in [0.15, 0.2) is 0 Å². The second-order valence-electron chi connectivity index (χ2n) is 7.24. The second-order valence-corrected chi connectivity index (χ2v) is 7.24. The summed E-state index contributed by atoms with van der Waals surface area (Å²) >= 11 is 0. The number of hydrogen-bond acceptors (Lipinski definition) is 5. The lowest BCUT2D eigenvalue weighted by Crippen LogP contribution is -2.48. The Labute approximate surface area is 130 Å². The van der Waals surface area contributed by atoms with E-state index in [1.54, 1.807) is 0 Å². The summed E-state index contributed by atoms with van der Waals surface area (Å²) in [5.41, 5.74) is 5.90. The van der Waals surface area contributed by atoms with E-state index in [1.807, 2.05) is 13.8 Å². The topological polar surface area (TPSA) is 101 Å². The monoisotopic (exact) mass is 304 g/mol. The lowest BCUT2D eigenvalue weighted by molar-refractivity contribution is 0.0772. The molecule has 1 unspecified atom stereocenters. The van der Waals surface area contributed by atoms with Crippen LogP contribution in [0.5, 0.6) is 0 Å². The summed E-state index contributed by atoms with van der Waals surface area (Å²) in [7, 11) is 0. The largest absolute Gasteiger partial charge is 0.396 e. The highest BCUT2D eigenvalue weighted by Crippen LogP contribution is 2.41. The molecule has 1 aromatic rings. The average Bonchev–Trinajstić information content (AvgIpc) is 3.37. The van der Waals surface area contributed by atoms with Gasteiger partial charge < -0.3 is 16.2 Å². The molecule has 0 aromatic carbocycles. The van der Waals surface area contributed by atoms with Gasteiger partial charge in [-0.25, -0.2) is 9.97 Å². The van der Waals surface area contributed by atoms with Gasteiger partial charge in [-0.05, 0) is 31.6 Å². The average molecular weight is 304 g/mol. The molecule has 0 aliphatic heterocycles. The fourth-order valence-electron chi connectivity index (χ4n) is 2.82. The Kier molecular flexibility index (Phi) is 3.80. The van der Waals surface area contributed by atoms with Crippen molar-refractivity contribution in [2.75, 3.05) is 12.3 Å². The van der Waals surface area contributed by atoms with Crippen molar-refractivity contribution < 1.29 is 9.90 Å². The minimum absolute atomic E-state index is 0.0288. The number of hydrogen-bond donors (Lipinski definition) is 3. The summed E-state index contributed by atoms with van der Waals surface area (Å²) in [6.07, 6.45) is 5.89. The first kappa shape index (κ1) is 15.2. The lowest BCUT2D eigenvalue weighted by atomic mass is 9.82. The highest BCUT2D eigenvalue weighted by atomic mass is 16.3. The van der Waals surface area contributed by atoms with E-state index in [0.717, 1.165) is 31.5 Å². The van der Waals surface area contributed by atoms with E-state index < -0.39 is 0 Å². The van der Waals surface area contributed by atoms with Gasteiger partial charge in [0.25, 0.3) is 5.91 Å². The number of rotatable bonds is 6. The quantitative estimate of drug-likeness (QED) is 0.738. The Hall–Kier alpha value is -1.69. The van der Waals surface area contributed by atoms with E-state index in [9.17, 15) is 9.90 Å². The predicted molar refractivity (Wildman–Crippen MR) is 83.3 cm³/mol. The zero-order valence-electron chi connectivity index (χ0n) is 13.2. The van der Waals surface area contributed by atoms with Gasteiger partial charge in [0, 0.05) is 23.6 Å². The molecule has 3 rings (SSSR count). The predicted octanol–water partition coefficient (Wildman–Crippen LogP) is 1.46. The number of nitrogens with zero attached hydrogens (tertiary/aromatic N) is 2. The number of anilines is 1. The van der Waals surface area contributed by atoms with Gasteiger partial charge in [0.1, 0.15) is 11.6 Å². The maximum atomic E-state index is 12.5. The molecule has 2 aliphatic rings. The van der Waals surface area contributed by atoms with Crippen LogP contribution in [0, 0.1) is 11.3 Å². The summed E-state index contributed by atoms with van der Waals surface area (Å²) < 4.78 is 0. The summed E-state index contributed by atoms with van der Waals surface area (Å²) in [4.78, 5) is 21.0. The van der Waals surface area contributed by atoms with Crippen LogP contribution in [0.25, 0.3) is 0 Å². The second kappa shape index (κ2) is 5.50. The minimum atomic E-state index is -0.361. The van der Waals surface area contributed by atoms with Crippen molar-refractivity contribution in [2.24, 2.45) is 11.3 Å². The third-order valence-corrected chi connectivity index (χ3v) is 4.65. The molecule has 0 spiro atoms. The normalized spacial score (nSPS) is 19.8. The highest BCUT2D eigenvalue weighted by Gasteiger charge is 2.42. The zero-order chi connectivity index (χ0) is 15.9. The first-order chi connectivity index (χ1) is 10.4. The van der Waals surface area contributed by atoms with E-state index in [2.05, 4.69) is 15.3 Å². The fraction of sp³-hybridized carbons (Fsp3) is 0.688. The van der Waals surface area contributed by atoms with Gasteiger partial charge in [-0.2, -0.15) is 0 Å². The molecule has 0 saturated heterocycles. The van der Waals surface area contributed by atoms with Crippen LogP contribution in [-0.4, -0.2) is 33.6 Å². The van der Waals surface area contributed by atoms with Crippen molar-refractivity contribution in [3.8, 4) is 0 Å². The number of nitrogens with one attached hydrogen (secondary N) is 1. The number of carbonyl (C=O) groups is 1. The Morgan fingerprint density at radius 1 is 1.45 bits per heavy atom. The van der Waals surface area contributed by atoms with Crippen LogP contribution in [0.1, 0.15) is 61.6 Å². The molecular formula is C16H24N4O2. The molecule has 2 fully saturated rings. The maximum absolute atomic E-state index is 12.5. The number of aliphatic hydroxyl groups is 1. The molecule has 1 atom stereocenters. The molecule has 2 aliphatic carbocycles. The van der Waals surface area contributed by atoms with Crippen LogP contribution in [0.3, 0.4) is 0 Å². The number of aromatic nitrogens is 2. The molecule has 6 heteroatoms. The van der Waals surface area contributed by atoms with Crippen LogP contribution in [-0.2, 0) is 0 Å². The third kappa shape index (κ3) is 3.06. The summed E-state index contributed by atoms with van der Waals surface area (Å²) in [6, 6.07) is -0.0625. The van der Waals surface area contributed by atoms with Crippen molar-refractivity contribution in [3.05, 3.63) is 17.6 Å². The van der Waals surface area contributed by atoms with Gasteiger partial charge >= 0.3 is 0 Å². The van der Waals surface area contributed by atoms with Gasteiger partial charge in [-0.3, -0.25) is 4.79 Å². The van der Waals surface area contributed by atoms with Crippen LogP contribution in [0.15, 0.2) is 6.20 Å². The van der Waals surface area contributed by atoms with E-state index >= 15 is 0 Å². The van der Waals surface area contributed by atoms with Crippen molar-refractivity contribution >= 4 is 11.7 Å². The van der Waals surface area contributed by atoms with Crippen molar-refractivity contribution in [3.63, 3.8) is 0 Å². The van der Waals surface area contributed by atoms with Crippen molar-refractivity contribution in [1.29, 1.82) is 0 Å². The number of aliphatic hydroxyl groups excluding tert-OH is 1. The first-order valence-electron chi connectivity index (χ1n) is 7.96. The SMILES string of the molecule is CC(C)(CO)C(NC(=O)c1cnc(C2CC2)nc1N)C1CC1. The number of amides is 1. The van der Waals surface area contributed by atoms with Crippen LogP contribution in [0.2, 0.25) is 0 Å². The van der Waals surface area contributed by atoms with E-state index in [0.29, 0.717) is 17.4 Å². The molecule has 0 radical (unpaired) electrons. The van der Waals surface area contributed by atoms with E-state index in [4.69, 9.17) is 5.73 Å². The smallest absolute Gasteiger partial charge is 0.256 e. The van der Waals surface area contributed by atoms with Crippen molar-refractivity contribution in [2.45, 2.75) is 51.5 Å². The molecular weight excluding hydrogens is 280 g/mol. The van der Waals surface area contributed by atoms with Crippen LogP contribution < -0.4 is 11.1 Å². The Bertz CT molecular complexity index is 580. The van der Waals surface area contributed by atoms with Crippen LogP contribution >= 0.6 is 0 Å². The maximum Gasteiger partial charge on any atom is 0.256 e. The van der Waals surface area contributed by atoms with Gasteiger partial charge in [0.05, 0.1) is 12.2 Å². The Morgan fingerprint density at radius 2 is 2.14 bits per heavy atom. The first-order valence-corrected chi connectivity index (χ1v) is 7.96. The van der Waals surface area contributed by atoms with Crippen molar-refractivity contribution in [1.82, 2.24) is 15.3 Å². The lowest BCUT2D eigenvalue weighted by Gasteiger charge is -2.33. The van der Waals surface area contributed by atoms with Gasteiger partial charge in [-0.1, -0.05) is 13.8 Å². The molecule has 0 bridgehead atoms. The molecule has 22 heavy (non-hydrogen) atoms. The molecule has 4 N–H and O–H groups in total. The summed E-state index contributed by atoms with van der Waals surface area (Å²) in [5, 5.41) is 12.6. The molecule has 1 aromatic heterocycles. The third-order valence-electron chi connectivity index (χ3n) is 4.65. The van der Waals surface area contributed by atoms with Crippen LogP contribution in [0.4, 0.5) is 5.82 Å². The zero-order valence-corrected chi connectivity index (χ0v) is 13.2. The minimum Gasteiger partial charge on any atom is -0.396 e. The van der Waals surface area contributed by atoms with Gasteiger partial charge in [0.2, 0.25) is 0 Å². The summed E-state index contributed by atoms with van der Waals surface area (Å²) in [6.45, 7) is 3.96. The Balaban J connectivity index is 1.75. The molecule has 120 valence electrons.